The second kappa shape index (κ2) is 18.4. The van der Waals surface area contributed by atoms with Gasteiger partial charge in [-0.3, -0.25) is 0 Å². The molecule has 1 heterocycles. The van der Waals surface area contributed by atoms with Crippen molar-refractivity contribution in [2.24, 2.45) is 0 Å². The van der Waals surface area contributed by atoms with E-state index in [0.717, 1.165) is 28.7 Å². The normalized spacial score (nSPS) is 21.7. The number of benzene rings is 4. The molecule has 1 aliphatic rings. The number of aliphatic hydroxyl groups is 1. The fourth-order valence-corrected chi connectivity index (χ4v) is 5.57. The summed E-state index contributed by atoms with van der Waals surface area (Å²) in [5.74, 6) is 0. The van der Waals surface area contributed by atoms with E-state index in [-0.39, 0.29) is 18.8 Å². The smallest absolute Gasteiger partial charge is 0.115 e. The van der Waals surface area contributed by atoms with E-state index in [2.05, 4.69) is 48.5 Å². The minimum atomic E-state index is -0.449. The first-order valence-corrected chi connectivity index (χ1v) is 15.8. The first-order chi connectivity index (χ1) is 22.3. The molecule has 0 spiro atoms. The Balaban J connectivity index is 1.42. The zero-order valence-electron chi connectivity index (χ0n) is 25.7. The molecule has 0 aromatic heterocycles. The summed E-state index contributed by atoms with van der Waals surface area (Å²) in [4.78, 5) is 0. The molecule has 1 saturated heterocycles. The van der Waals surface area contributed by atoms with Gasteiger partial charge in [0.2, 0.25) is 0 Å². The lowest BCUT2D eigenvalue weighted by Gasteiger charge is -2.46. The van der Waals surface area contributed by atoms with Gasteiger partial charge in [0.25, 0.3) is 0 Å². The van der Waals surface area contributed by atoms with E-state index >= 15 is 0 Å². The van der Waals surface area contributed by atoms with Crippen LogP contribution in [0.2, 0.25) is 0 Å². The Labute approximate surface area is 267 Å². The van der Waals surface area contributed by atoms with Crippen molar-refractivity contribution in [1.82, 2.24) is 0 Å². The second-order valence-electron chi connectivity index (χ2n) is 11.2. The van der Waals surface area contributed by atoms with Gasteiger partial charge in [0.1, 0.15) is 24.4 Å². The van der Waals surface area contributed by atoms with Crippen LogP contribution < -0.4 is 0 Å². The maximum atomic E-state index is 9.31. The van der Waals surface area contributed by atoms with Crippen molar-refractivity contribution in [3.05, 3.63) is 156 Å². The molecule has 1 fully saturated rings. The molecule has 0 bridgehead atoms. The fraction of sp³-hybridized carbons (Fsp3) is 0.333. The van der Waals surface area contributed by atoms with Crippen LogP contribution in [0, 0.1) is 0 Å². The summed E-state index contributed by atoms with van der Waals surface area (Å²) < 4.78 is 33.3. The van der Waals surface area contributed by atoms with Crippen molar-refractivity contribution in [3.63, 3.8) is 0 Å². The summed E-state index contributed by atoms with van der Waals surface area (Å²) in [7, 11) is 0. The first-order valence-electron chi connectivity index (χ1n) is 15.8. The van der Waals surface area contributed by atoms with E-state index in [1.165, 1.54) is 0 Å². The molecule has 0 aliphatic carbocycles. The first kappa shape index (κ1) is 32.8. The van der Waals surface area contributed by atoms with Crippen molar-refractivity contribution < 1.29 is 28.8 Å². The summed E-state index contributed by atoms with van der Waals surface area (Å²) in [6.45, 7) is 2.06. The van der Waals surface area contributed by atoms with E-state index in [1.54, 1.807) is 6.08 Å². The molecule has 5 atom stereocenters. The van der Waals surface area contributed by atoms with Crippen LogP contribution in [0.1, 0.15) is 35.1 Å². The minimum Gasteiger partial charge on any atom is -0.392 e. The van der Waals surface area contributed by atoms with E-state index in [4.69, 9.17) is 23.7 Å². The van der Waals surface area contributed by atoms with Gasteiger partial charge in [-0.05, 0) is 35.1 Å². The topological polar surface area (TPSA) is 66.4 Å². The lowest BCUT2D eigenvalue weighted by molar-refractivity contribution is -0.273. The third kappa shape index (κ3) is 10.5. The number of hydrogen-bond acceptors (Lipinski definition) is 6. The summed E-state index contributed by atoms with van der Waals surface area (Å²) in [6, 6.07) is 40.6. The summed E-state index contributed by atoms with van der Waals surface area (Å²) in [6.07, 6.45) is 3.23. The molecule has 6 heteroatoms. The summed E-state index contributed by atoms with van der Waals surface area (Å²) >= 11 is 0. The van der Waals surface area contributed by atoms with Gasteiger partial charge in [-0.1, -0.05) is 133 Å². The van der Waals surface area contributed by atoms with Gasteiger partial charge in [0.05, 0.1) is 45.7 Å². The van der Waals surface area contributed by atoms with Crippen LogP contribution >= 0.6 is 0 Å². The fourth-order valence-electron chi connectivity index (χ4n) is 5.57. The highest BCUT2D eigenvalue weighted by molar-refractivity contribution is 5.16. The van der Waals surface area contributed by atoms with Crippen LogP contribution in [-0.4, -0.2) is 48.8 Å². The van der Waals surface area contributed by atoms with Crippen LogP contribution in [-0.2, 0) is 50.1 Å². The minimum absolute atomic E-state index is 0.00756. The van der Waals surface area contributed by atoms with Crippen molar-refractivity contribution >= 4 is 0 Å². The third-order valence-corrected chi connectivity index (χ3v) is 7.87. The van der Waals surface area contributed by atoms with Crippen molar-refractivity contribution in [2.45, 2.75) is 69.8 Å². The van der Waals surface area contributed by atoms with Crippen LogP contribution in [0.3, 0.4) is 0 Å². The molecule has 0 saturated carbocycles. The molecule has 2 unspecified atom stereocenters. The molecule has 4 aromatic rings. The predicted octanol–water partition coefficient (Wildman–Crippen LogP) is 7.06. The highest BCUT2D eigenvalue weighted by atomic mass is 16.6. The molecule has 1 aliphatic heterocycles. The molecule has 4 aromatic carbocycles. The van der Waals surface area contributed by atoms with Gasteiger partial charge in [-0.2, -0.15) is 0 Å². The zero-order valence-corrected chi connectivity index (χ0v) is 25.7. The Morgan fingerprint density at radius 2 is 0.933 bits per heavy atom. The number of allylic oxidation sites excluding steroid dienone is 1. The molecule has 0 amide bonds. The van der Waals surface area contributed by atoms with Crippen LogP contribution in [0.4, 0.5) is 0 Å². The van der Waals surface area contributed by atoms with Gasteiger partial charge in [-0.15, -0.1) is 0 Å². The van der Waals surface area contributed by atoms with E-state index < -0.39 is 18.3 Å². The average Bonchev–Trinajstić information content (AvgIpc) is 3.10. The van der Waals surface area contributed by atoms with Gasteiger partial charge >= 0.3 is 0 Å². The van der Waals surface area contributed by atoms with Gasteiger partial charge in [0.15, 0.2) is 0 Å². The molecule has 236 valence electrons. The Morgan fingerprint density at radius 1 is 0.511 bits per heavy atom. The summed E-state index contributed by atoms with van der Waals surface area (Å²) in [5.41, 5.74) is 4.32. The van der Waals surface area contributed by atoms with E-state index in [9.17, 15) is 5.11 Å². The lowest BCUT2D eigenvalue weighted by Crippen LogP contribution is -2.61. The lowest BCUT2D eigenvalue weighted by atomic mass is 9.91. The highest BCUT2D eigenvalue weighted by Gasteiger charge is 2.48. The molecule has 5 rings (SSSR count). The summed E-state index contributed by atoms with van der Waals surface area (Å²) in [5, 5.41) is 9.31. The van der Waals surface area contributed by atoms with Crippen LogP contribution in [0.15, 0.2) is 133 Å². The van der Waals surface area contributed by atoms with Gasteiger partial charge in [-0.25, -0.2) is 0 Å². The monoisotopic (exact) mass is 608 g/mol. The molecular formula is C39H44O6. The second-order valence-corrected chi connectivity index (χ2v) is 11.2. The van der Waals surface area contributed by atoms with Gasteiger partial charge in [0, 0.05) is 0 Å². The molecule has 6 nitrogen and oxygen atoms in total. The molecule has 45 heavy (non-hydrogen) atoms. The van der Waals surface area contributed by atoms with Crippen LogP contribution in [0.5, 0.6) is 0 Å². The standard InChI is InChI=1S/C39H44O6/c40-25-15-5-14-24-35-37(42-27-32-18-8-2-9-19-32)39(44-29-34-22-12-4-13-23-34)38(43-28-33-20-10-3-11-21-33)36(45-35)30-41-26-31-16-6-1-7-17-31/h1-13,15-23,35-40H,14,24-30H2/b15-5+/t35-,36?,37?,38+,39+/m1/s1. The van der Waals surface area contributed by atoms with Crippen molar-refractivity contribution in [1.29, 1.82) is 0 Å². The molecule has 0 radical (unpaired) electrons. The van der Waals surface area contributed by atoms with E-state index in [0.29, 0.717) is 39.5 Å². The Kier molecular flexibility index (Phi) is 13.4. The maximum Gasteiger partial charge on any atom is 0.115 e. The number of hydrogen-bond donors (Lipinski definition) is 1. The Bertz CT molecular complexity index is 1370. The molecule has 1 N–H and O–H groups in total. The average molecular weight is 609 g/mol. The zero-order chi connectivity index (χ0) is 30.9. The SMILES string of the molecule is OC/C=C/CC[C@H]1OC(COCc2ccccc2)[C@H](OCc2ccccc2)[C@@H](OCc2ccccc2)C1OCc1ccccc1. The van der Waals surface area contributed by atoms with Crippen molar-refractivity contribution in [3.8, 4) is 0 Å². The van der Waals surface area contributed by atoms with Crippen LogP contribution in [0.25, 0.3) is 0 Å². The largest absolute Gasteiger partial charge is 0.392 e. The van der Waals surface area contributed by atoms with Gasteiger partial charge < -0.3 is 28.8 Å². The Morgan fingerprint density at radius 3 is 1.40 bits per heavy atom. The molecular weight excluding hydrogens is 564 g/mol. The number of rotatable bonds is 17. The number of aliphatic hydroxyl groups excluding tert-OH is 1. The van der Waals surface area contributed by atoms with Crippen molar-refractivity contribution in [2.75, 3.05) is 13.2 Å². The van der Waals surface area contributed by atoms with E-state index in [1.807, 2.05) is 78.9 Å². The highest BCUT2D eigenvalue weighted by Crippen LogP contribution is 2.33. The predicted molar refractivity (Wildman–Crippen MR) is 175 cm³/mol. The maximum absolute atomic E-state index is 9.31. The Hall–Kier alpha value is -3.62. The third-order valence-electron chi connectivity index (χ3n) is 7.87. The quantitative estimate of drug-likeness (QED) is 0.130. The number of ether oxygens (including phenoxy) is 5.